The highest BCUT2D eigenvalue weighted by Crippen LogP contribution is 2.22. The molecule has 0 atom stereocenters. The smallest absolute Gasteiger partial charge is 0.150 e. The molecule has 0 saturated heterocycles. The first-order chi connectivity index (χ1) is 6.16. The number of nitrogens with zero attached hydrogens (tertiary/aromatic N) is 1. The van der Waals surface area contributed by atoms with Crippen LogP contribution in [0.25, 0.3) is 10.9 Å². The molecule has 0 aliphatic heterocycles. The zero-order valence-electron chi connectivity index (χ0n) is 6.59. The highest BCUT2D eigenvalue weighted by Gasteiger charge is 2.03. The molecular formula is C9H6BrFN2. The normalized spacial score (nSPS) is 10.6. The molecule has 1 aromatic heterocycles. The van der Waals surface area contributed by atoms with Crippen molar-refractivity contribution in [3.05, 3.63) is 34.7 Å². The van der Waals surface area contributed by atoms with Gasteiger partial charge in [0.25, 0.3) is 0 Å². The van der Waals surface area contributed by atoms with Crippen LogP contribution in [-0.2, 0) is 0 Å². The second kappa shape index (κ2) is 2.96. The lowest BCUT2D eigenvalue weighted by Gasteiger charge is -2.00. The van der Waals surface area contributed by atoms with E-state index in [1.807, 2.05) is 0 Å². The summed E-state index contributed by atoms with van der Waals surface area (Å²) in [5.41, 5.74) is 6.40. The lowest BCUT2D eigenvalue weighted by Crippen LogP contribution is -1.89. The van der Waals surface area contributed by atoms with Gasteiger partial charge < -0.3 is 5.73 Å². The van der Waals surface area contributed by atoms with Crippen molar-refractivity contribution in [1.29, 1.82) is 0 Å². The van der Waals surface area contributed by atoms with E-state index in [9.17, 15) is 4.39 Å². The Morgan fingerprint density at radius 3 is 2.85 bits per heavy atom. The van der Waals surface area contributed by atoms with Gasteiger partial charge in [0.1, 0.15) is 5.52 Å². The lowest BCUT2D eigenvalue weighted by atomic mass is 10.2. The highest BCUT2D eigenvalue weighted by atomic mass is 79.9. The van der Waals surface area contributed by atoms with Gasteiger partial charge in [0.05, 0.1) is 11.9 Å². The first-order valence-corrected chi connectivity index (χ1v) is 4.46. The molecule has 2 nitrogen and oxygen atoms in total. The average Bonchev–Trinajstić information content (AvgIpc) is 2.02. The lowest BCUT2D eigenvalue weighted by molar-refractivity contribution is 0.636. The molecule has 0 amide bonds. The molecule has 13 heavy (non-hydrogen) atoms. The molecule has 2 aromatic rings. The third kappa shape index (κ3) is 1.49. The van der Waals surface area contributed by atoms with E-state index < -0.39 is 0 Å². The number of hydrogen-bond acceptors (Lipinski definition) is 2. The molecule has 1 heterocycles. The van der Waals surface area contributed by atoms with E-state index in [1.165, 1.54) is 12.3 Å². The van der Waals surface area contributed by atoms with Gasteiger partial charge in [0, 0.05) is 9.86 Å². The van der Waals surface area contributed by atoms with Crippen LogP contribution in [0.3, 0.4) is 0 Å². The molecule has 4 heteroatoms. The third-order valence-corrected chi connectivity index (χ3v) is 2.18. The topological polar surface area (TPSA) is 38.9 Å². The molecule has 1 aromatic carbocycles. The third-order valence-electron chi connectivity index (χ3n) is 1.72. The fraction of sp³-hybridized carbons (Fsp3) is 0. The predicted octanol–water partition coefficient (Wildman–Crippen LogP) is 2.72. The summed E-state index contributed by atoms with van der Waals surface area (Å²) in [6, 6.07) is 4.85. The predicted molar refractivity (Wildman–Crippen MR) is 53.8 cm³/mol. The number of benzene rings is 1. The van der Waals surface area contributed by atoms with E-state index in [0.717, 1.165) is 0 Å². The number of fused-ring (bicyclic) bond motifs is 1. The summed E-state index contributed by atoms with van der Waals surface area (Å²) in [4.78, 5) is 3.90. The summed E-state index contributed by atoms with van der Waals surface area (Å²) in [6.07, 6.45) is 1.44. The van der Waals surface area contributed by atoms with Crippen LogP contribution in [0.2, 0.25) is 0 Å². The number of nitrogens with two attached hydrogens (primary N) is 1. The molecule has 2 rings (SSSR count). The summed E-state index contributed by atoms with van der Waals surface area (Å²) in [5.74, 6) is -0.343. The Bertz CT molecular complexity index is 465. The minimum absolute atomic E-state index is 0.343. The largest absolute Gasteiger partial charge is 0.397 e. The number of pyridine rings is 1. The second-order valence-corrected chi connectivity index (χ2v) is 3.64. The van der Waals surface area contributed by atoms with Gasteiger partial charge in [-0.2, -0.15) is 0 Å². The van der Waals surface area contributed by atoms with Crippen LogP contribution in [0.1, 0.15) is 0 Å². The summed E-state index contributed by atoms with van der Waals surface area (Å²) in [5, 5.41) is 0.701. The number of anilines is 1. The maximum absolute atomic E-state index is 13.2. The minimum Gasteiger partial charge on any atom is -0.397 e. The van der Waals surface area contributed by atoms with Crippen molar-refractivity contribution in [2.75, 3.05) is 5.73 Å². The zero-order valence-corrected chi connectivity index (χ0v) is 8.18. The van der Waals surface area contributed by atoms with Gasteiger partial charge in [-0.05, 0) is 18.2 Å². The highest BCUT2D eigenvalue weighted by molar-refractivity contribution is 9.10. The van der Waals surface area contributed by atoms with Gasteiger partial charge in [0.2, 0.25) is 0 Å². The Morgan fingerprint density at radius 2 is 2.08 bits per heavy atom. The van der Waals surface area contributed by atoms with Crippen molar-refractivity contribution < 1.29 is 4.39 Å². The van der Waals surface area contributed by atoms with Crippen molar-refractivity contribution in [2.24, 2.45) is 0 Å². The van der Waals surface area contributed by atoms with E-state index >= 15 is 0 Å². The number of aromatic nitrogens is 1. The molecule has 0 fully saturated rings. The van der Waals surface area contributed by atoms with Crippen LogP contribution in [0.15, 0.2) is 28.9 Å². The molecule has 0 radical (unpaired) electrons. The Hall–Kier alpha value is -1.16. The molecule has 0 aliphatic carbocycles. The fourth-order valence-corrected chi connectivity index (χ4v) is 1.64. The molecule has 0 bridgehead atoms. The van der Waals surface area contributed by atoms with Crippen molar-refractivity contribution >= 4 is 32.5 Å². The Balaban J connectivity index is 2.86. The molecule has 66 valence electrons. The number of halogens is 2. The van der Waals surface area contributed by atoms with E-state index in [0.29, 0.717) is 21.1 Å². The summed E-state index contributed by atoms with van der Waals surface area (Å²) < 4.78 is 13.9. The van der Waals surface area contributed by atoms with Gasteiger partial charge in [-0.1, -0.05) is 15.9 Å². The summed E-state index contributed by atoms with van der Waals surface area (Å²) >= 11 is 3.20. The van der Waals surface area contributed by atoms with Gasteiger partial charge in [-0.3, -0.25) is 4.98 Å². The average molecular weight is 241 g/mol. The molecule has 0 unspecified atom stereocenters. The van der Waals surface area contributed by atoms with Gasteiger partial charge >= 0.3 is 0 Å². The van der Waals surface area contributed by atoms with Crippen molar-refractivity contribution in [3.8, 4) is 0 Å². The van der Waals surface area contributed by atoms with Crippen molar-refractivity contribution in [3.63, 3.8) is 0 Å². The van der Waals surface area contributed by atoms with Crippen LogP contribution >= 0.6 is 15.9 Å². The van der Waals surface area contributed by atoms with E-state index in [2.05, 4.69) is 20.9 Å². The van der Waals surface area contributed by atoms with Gasteiger partial charge in [0.15, 0.2) is 5.82 Å². The first kappa shape index (κ1) is 8.44. The van der Waals surface area contributed by atoms with Crippen LogP contribution in [-0.4, -0.2) is 4.98 Å². The van der Waals surface area contributed by atoms with Crippen molar-refractivity contribution in [2.45, 2.75) is 0 Å². The van der Waals surface area contributed by atoms with Gasteiger partial charge in [-0.15, -0.1) is 0 Å². The Labute approximate surface area is 82.7 Å². The van der Waals surface area contributed by atoms with Crippen LogP contribution in [0, 0.1) is 5.82 Å². The zero-order chi connectivity index (χ0) is 9.42. The van der Waals surface area contributed by atoms with Gasteiger partial charge in [-0.25, -0.2) is 4.39 Å². The summed E-state index contributed by atoms with van der Waals surface area (Å²) in [6.45, 7) is 0. The monoisotopic (exact) mass is 240 g/mol. The molecule has 0 saturated carbocycles. The maximum Gasteiger partial charge on any atom is 0.150 e. The van der Waals surface area contributed by atoms with Crippen LogP contribution in [0.4, 0.5) is 10.1 Å². The Kier molecular flexibility index (Phi) is 1.92. The van der Waals surface area contributed by atoms with Crippen LogP contribution < -0.4 is 5.73 Å². The van der Waals surface area contributed by atoms with Crippen LogP contribution in [0.5, 0.6) is 0 Å². The van der Waals surface area contributed by atoms with E-state index in [-0.39, 0.29) is 5.82 Å². The number of nitrogen functional groups attached to an aromatic ring is 1. The van der Waals surface area contributed by atoms with Crippen molar-refractivity contribution in [1.82, 2.24) is 4.98 Å². The molecule has 0 spiro atoms. The second-order valence-electron chi connectivity index (χ2n) is 2.73. The van der Waals surface area contributed by atoms with E-state index in [1.54, 1.807) is 12.1 Å². The number of rotatable bonds is 0. The number of hydrogen-bond donors (Lipinski definition) is 1. The maximum atomic E-state index is 13.2. The fourth-order valence-electron chi connectivity index (χ4n) is 1.19. The first-order valence-electron chi connectivity index (χ1n) is 3.67. The van der Waals surface area contributed by atoms with E-state index in [4.69, 9.17) is 5.73 Å². The quantitative estimate of drug-likeness (QED) is 0.770. The summed E-state index contributed by atoms with van der Waals surface area (Å²) in [7, 11) is 0. The SMILES string of the molecule is Nc1cnc2c(F)cc(Br)cc2c1. The standard InChI is InChI=1S/C9H6BrFN2/c10-6-1-5-2-7(12)4-13-9(5)8(11)3-6/h1-4H,12H2. The minimum atomic E-state index is -0.343. The molecule has 0 aliphatic rings. The molecule has 2 N–H and O–H groups in total. The Morgan fingerprint density at radius 1 is 1.31 bits per heavy atom. The molecular weight excluding hydrogens is 235 g/mol.